The summed E-state index contributed by atoms with van der Waals surface area (Å²) in [5.41, 5.74) is 14.6. The molecule has 0 aliphatic rings. The molecule has 0 saturated carbocycles. The number of H-pyrrole nitrogens is 1. The van der Waals surface area contributed by atoms with Crippen LogP contribution in [0, 0.1) is 37.3 Å². The minimum Gasteiger partial charge on any atom is -0.397 e. The molecular formula is C27H26N12O6P2. The Morgan fingerprint density at radius 2 is 1.17 bits per heavy atom. The van der Waals surface area contributed by atoms with Crippen molar-refractivity contribution in [1.29, 1.82) is 0 Å². The molecule has 7 rings (SSSR count). The van der Waals surface area contributed by atoms with Crippen molar-refractivity contribution in [3.05, 3.63) is 122 Å². The van der Waals surface area contributed by atoms with E-state index in [4.69, 9.17) is 11.5 Å². The zero-order chi connectivity index (χ0) is 34.2. The number of nitrogens with two attached hydrogens (primary N) is 2. The maximum Gasteiger partial charge on any atom is 0.288 e. The smallest absolute Gasteiger partial charge is 0.288 e. The van der Waals surface area contributed by atoms with Crippen molar-refractivity contribution in [2.45, 2.75) is 6.92 Å². The van der Waals surface area contributed by atoms with Gasteiger partial charge in [0.2, 0.25) is 0 Å². The van der Waals surface area contributed by atoms with E-state index in [9.17, 15) is 30.3 Å². The number of nitrogens with zero attached hydrogens (tertiary/aromatic N) is 9. The van der Waals surface area contributed by atoms with Crippen LogP contribution in [0.2, 0.25) is 0 Å². The molecule has 0 saturated heterocycles. The van der Waals surface area contributed by atoms with Gasteiger partial charge >= 0.3 is 0 Å². The fourth-order valence-electron chi connectivity index (χ4n) is 3.89. The van der Waals surface area contributed by atoms with Gasteiger partial charge in [-0.15, -0.1) is 0 Å². The lowest BCUT2D eigenvalue weighted by molar-refractivity contribution is -0.385. The Bertz CT molecular complexity index is 2230. The lowest BCUT2D eigenvalue weighted by Crippen LogP contribution is -1.96. The molecule has 5 N–H and O–H groups in total. The predicted molar refractivity (Wildman–Crippen MR) is 184 cm³/mol. The number of hydrogen-bond donors (Lipinski definition) is 3. The summed E-state index contributed by atoms with van der Waals surface area (Å²) in [6.45, 7) is 1.68. The lowest BCUT2D eigenvalue weighted by Gasteiger charge is -1.96. The lowest BCUT2D eigenvalue weighted by atomic mass is 10.3. The van der Waals surface area contributed by atoms with Gasteiger partial charge < -0.3 is 25.1 Å². The standard InChI is InChI=1S/C7H6N3O2P.C7H5N3O2.C7H8N3P.C6H7N3O2/c11-10(12)6-3-5-1-2-9(13)7(5)8-4-6;11-10(12)6-3-5-1-2-8-7(5)9-4-6;8-6-3-5-1-2-10(11)7(5)9-4-6;1-4-2-5(9(10)11)3-8-6(4)7/h1-4H,13H2;1-4H,(H,8,9);1-4H,8,11H2;2-3H,1H3,(H2,7,8). The van der Waals surface area contributed by atoms with Gasteiger partial charge in [0.1, 0.15) is 41.3 Å². The molecule has 0 aromatic carbocycles. The summed E-state index contributed by atoms with van der Waals surface area (Å²) in [5.74, 6) is 0.329. The molecule has 2 atom stereocenters. The van der Waals surface area contributed by atoms with Gasteiger partial charge in [0.05, 0.1) is 26.7 Å². The molecule has 240 valence electrons. The molecule has 7 heterocycles. The zero-order valence-corrected chi connectivity index (χ0v) is 26.7. The maximum atomic E-state index is 10.4. The van der Waals surface area contributed by atoms with Crippen LogP contribution in [0.3, 0.4) is 0 Å². The number of rotatable bonds is 3. The van der Waals surface area contributed by atoms with Crippen LogP contribution in [0.1, 0.15) is 5.56 Å². The first-order chi connectivity index (χ1) is 22.3. The monoisotopic (exact) mass is 676 g/mol. The van der Waals surface area contributed by atoms with E-state index in [1.807, 2.05) is 22.7 Å². The third kappa shape index (κ3) is 8.54. The number of nitrogen functional groups attached to an aromatic ring is 2. The molecule has 18 nitrogen and oxygen atoms in total. The number of nitrogens with one attached hydrogen (secondary N) is 1. The number of nitro groups is 3. The molecule has 0 aliphatic carbocycles. The Hall–Kier alpha value is -6.12. The summed E-state index contributed by atoms with van der Waals surface area (Å²) in [4.78, 5) is 48.0. The molecule has 0 aliphatic heterocycles. The van der Waals surface area contributed by atoms with E-state index in [1.54, 1.807) is 42.0 Å². The molecule has 7 aromatic heterocycles. The van der Waals surface area contributed by atoms with Crippen LogP contribution in [0.5, 0.6) is 0 Å². The molecule has 7 aromatic rings. The van der Waals surface area contributed by atoms with E-state index >= 15 is 0 Å². The third-order valence-electron chi connectivity index (χ3n) is 6.24. The number of anilines is 2. The van der Waals surface area contributed by atoms with E-state index in [-0.39, 0.29) is 17.1 Å². The minimum atomic E-state index is -0.501. The highest BCUT2D eigenvalue weighted by atomic mass is 31.0. The number of fused-ring (bicyclic) bond motifs is 3. The van der Waals surface area contributed by atoms with Gasteiger partial charge in [-0.3, -0.25) is 30.3 Å². The number of aromatic nitrogens is 7. The Balaban J connectivity index is 0.000000142. The molecule has 0 amide bonds. The number of aromatic amines is 1. The summed E-state index contributed by atoms with van der Waals surface area (Å²) in [6.07, 6.45) is 10.7. The van der Waals surface area contributed by atoms with Crippen LogP contribution < -0.4 is 11.5 Å². The summed E-state index contributed by atoms with van der Waals surface area (Å²) in [5, 5.41) is 33.5. The summed E-state index contributed by atoms with van der Waals surface area (Å²) < 4.78 is 3.62. The molecule has 0 spiro atoms. The van der Waals surface area contributed by atoms with Crippen molar-refractivity contribution in [3.63, 3.8) is 0 Å². The van der Waals surface area contributed by atoms with Gasteiger partial charge in [0.25, 0.3) is 17.1 Å². The number of aryl methyl sites for hydroxylation is 1. The molecule has 20 heteroatoms. The molecule has 0 radical (unpaired) electrons. The highest BCUT2D eigenvalue weighted by Crippen LogP contribution is 2.21. The average molecular weight is 677 g/mol. The molecular weight excluding hydrogens is 650 g/mol. The Labute approximate surface area is 268 Å². The fraction of sp³-hybridized carbons (Fsp3) is 0.0370. The van der Waals surface area contributed by atoms with Crippen LogP contribution in [-0.4, -0.2) is 48.4 Å². The van der Waals surface area contributed by atoms with Gasteiger partial charge in [-0.1, -0.05) is 0 Å². The van der Waals surface area contributed by atoms with Crippen LogP contribution in [0.15, 0.2) is 85.8 Å². The number of pyridine rings is 4. The van der Waals surface area contributed by atoms with Crippen LogP contribution >= 0.6 is 18.8 Å². The van der Waals surface area contributed by atoms with E-state index < -0.39 is 14.8 Å². The van der Waals surface area contributed by atoms with Gasteiger partial charge in [-0.25, -0.2) is 19.9 Å². The van der Waals surface area contributed by atoms with Crippen molar-refractivity contribution < 1.29 is 14.8 Å². The van der Waals surface area contributed by atoms with Crippen molar-refractivity contribution in [2.75, 3.05) is 11.5 Å². The highest BCUT2D eigenvalue weighted by molar-refractivity contribution is 7.15. The van der Waals surface area contributed by atoms with Gasteiger partial charge in [0, 0.05) is 52.9 Å². The normalized spacial score (nSPS) is 10.3. The van der Waals surface area contributed by atoms with Crippen molar-refractivity contribution in [3.8, 4) is 0 Å². The van der Waals surface area contributed by atoms with Crippen molar-refractivity contribution >= 4 is 80.4 Å². The topological polar surface area (TPSA) is 259 Å². The van der Waals surface area contributed by atoms with Gasteiger partial charge in [0.15, 0.2) is 0 Å². The second kappa shape index (κ2) is 14.8. The molecule has 0 bridgehead atoms. The SMILES string of the molecule is Cc1cc([N+](=O)[O-])cnc1N.Nc1cnc2c(ccn2P)c1.O=[N+]([O-])c1cnc2[nH]ccc2c1.O=[N+]([O-])c1cnc2c(ccn2P)c1. The largest absolute Gasteiger partial charge is 0.397 e. The highest BCUT2D eigenvalue weighted by Gasteiger charge is 2.09. The van der Waals surface area contributed by atoms with Crippen LogP contribution in [-0.2, 0) is 0 Å². The first-order valence-corrected chi connectivity index (χ1v) is 14.2. The molecule has 47 heavy (non-hydrogen) atoms. The van der Waals surface area contributed by atoms with Gasteiger partial charge in [-0.2, -0.15) is 0 Å². The first kappa shape index (κ1) is 33.8. The van der Waals surface area contributed by atoms with E-state index in [0.717, 1.165) is 33.6 Å². The van der Waals surface area contributed by atoms with E-state index in [2.05, 4.69) is 43.7 Å². The molecule has 0 fully saturated rings. The average Bonchev–Trinajstić information content (AvgIpc) is 3.77. The summed E-state index contributed by atoms with van der Waals surface area (Å²) >= 11 is 0. The molecule has 2 unspecified atom stereocenters. The quantitative estimate of drug-likeness (QED) is 0.124. The summed E-state index contributed by atoms with van der Waals surface area (Å²) in [6, 6.07) is 11.8. The maximum absolute atomic E-state index is 10.4. The van der Waals surface area contributed by atoms with Crippen molar-refractivity contribution in [2.24, 2.45) is 0 Å². The van der Waals surface area contributed by atoms with Crippen molar-refractivity contribution in [1.82, 2.24) is 33.6 Å². The number of hydrogen-bond acceptors (Lipinski definition) is 12. The van der Waals surface area contributed by atoms with E-state index in [0.29, 0.717) is 22.7 Å². The zero-order valence-electron chi connectivity index (χ0n) is 24.4. The van der Waals surface area contributed by atoms with E-state index in [1.165, 1.54) is 30.6 Å². The fourth-order valence-corrected chi connectivity index (χ4v) is 4.50. The predicted octanol–water partition coefficient (Wildman–Crippen LogP) is 5.19. The van der Waals surface area contributed by atoms with Crippen LogP contribution in [0.4, 0.5) is 28.6 Å². The summed E-state index contributed by atoms with van der Waals surface area (Å²) in [7, 11) is 5.01. The second-order valence-corrected chi connectivity index (χ2v) is 10.6. The first-order valence-electron chi connectivity index (χ1n) is 13.1. The Morgan fingerprint density at radius 3 is 1.74 bits per heavy atom. The Kier molecular flexibility index (Phi) is 10.6. The van der Waals surface area contributed by atoms with Gasteiger partial charge in [-0.05, 0) is 55.5 Å². The third-order valence-corrected chi connectivity index (χ3v) is 7.07. The second-order valence-electron chi connectivity index (χ2n) is 9.51. The van der Waals surface area contributed by atoms with Crippen LogP contribution in [0.25, 0.3) is 33.1 Å². The minimum absolute atomic E-state index is 0.0158. The Morgan fingerprint density at radius 1 is 0.681 bits per heavy atom.